The van der Waals surface area contributed by atoms with Crippen LogP contribution >= 0.6 is 0 Å². The minimum Gasteiger partial charge on any atom is -0.426 e. The Morgan fingerprint density at radius 1 is 0.967 bits per heavy atom. The van der Waals surface area contributed by atoms with Gasteiger partial charge in [0, 0.05) is 6.92 Å². The smallest absolute Gasteiger partial charge is 0.426 e. The number of para-hydroxylation sites is 1. The lowest BCUT2D eigenvalue weighted by Gasteiger charge is -2.32. The molecule has 0 bridgehead atoms. The fourth-order valence-electron chi connectivity index (χ4n) is 2.89. The fraction of sp³-hybridized carbons (Fsp3) is 0.364. The van der Waals surface area contributed by atoms with Crippen LogP contribution in [0.3, 0.4) is 0 Å². The molecule has 1 amide bonds. The van der Waals surface area contributed by atoms with E-state index in [4.69, 9.17) is 18.9 Å². The minimum absolute atomic E-state index is 0.172. The van der Waals surface area contributed by atoms with Gasteiger partial charge in [-0.05, 0) is 50.9 Å². The summed E-state index contributed by atoms with van der Waals surface area (Å²) in [5, 5.41) is 0. The summed E-state index contributed by atoms with van der Waals surface area (Å²) < 4.78 is 17.1. The molecule has 1 saturated heterocycles. The molecule has 0 aromatic heterocycles. The maximum absolute atomic E-state index is 12.3. The summed E-state index contributed by atoms with van der Waals surface area (Å²) >= 11 is 0. The molecule has 7 nitrogen and oxygen atoms in total. The molecule has 2 aromatic carbocycles. The van der Waals surface area contributed by atoms with Crippen molar-refractivity contribution in [3.8, 4) is 5.75 Å². The Bertz CT molecular complexity index is 909. The molecule has 0 radical (unpaired) electrons. The van der Waals surface area contributed by atoms with Gasteiger partial charge < -0.3 is 14.0 Å². The Balaban J connectivity index is 1.55. The van der Waals surface area contributed by atoms with Crippen molar-refractivity contribution < 1.29 is 28.5 Å². The Morgan fingerprint density at radius 2 is 1.57 bits per heavy atom. The van der Waals surface area contributed by atoms with E-state index in [1.807, 2.05) is 52.0 Å². The fourth-order valence-corrected chi connectivity index (χ4v) is 2.89. The van der Waals surface area contributed by atoms with E-state index in [1.165, 1.54) is 6.92 Å². The normalized spacial score (nSPS) is 16.9. The second-order valence-corrected chi connectivity index (χ2v) is 8.14. The number of esters is 1. The van der Waals surface area contributed by atoms with Crippen molar-refractivity contribution in [2.24, 2.45) is 0 Å². The van der Waals surface area contributed by atoms with Gasteiger partial charge in [0.1, 0.15) is 5.75 Å². The van der Waals surface area contributed by atoms with Gasteiger partial charge in [0.2, 0.25) is 0 Å². The summed E-state index contributed by atoms with van der Waals surface area (Å²) in [6, 6.07) is 14.1. The zero-order valence-electron chi connectivity index (χ0n) is 17.9. The summed E-state index contributed by atoms with van der Waals surface area (Å²) in [5.41, 5.74) is 3.57. The Kier molecular flexibility index (Phi) is 6.31. The van der Waals surface area contributed by atoms with E-state index in [0.29, 0.717) is 0 Å². The lowest BCUT2D eigenvalue weighted by molar-refractivity contribution is -0.131. The number of benzene rings is 2. The molecule has 1 aliphatic rings. The average Bonchev–Trinajstić information content (AvgIpc) is 2.89. The van der Waals surface area contributed by atoms with Crippen molar-refractivity contribution in [2.75, 3.05) is 0 Å². The molecule has 1 fully saturated rings. The molecule has 0 spiro atoms. The van der Waals surface area contributed by atoms with E-state index < -0.39 is 30.2 Å². The van der Waals surface area contributed by atoms with Crippen molar-refractivity contribution in [1.29, 1.82) is 0 Å². The summed E-state index contributed by atoms with van der Waals surface area (Å²) in [4.78, 5) is 28.8. The first-order valence-corrected chi connectivity index (χ1v) is 9.73. The van der Waals surface area contributed by atoms with E-state index in [0.717, 1.165) is 11.0 Å². The monoisotopic (exact) mass is 411 g/mol. The highest BCUT2D eigenvalue weighted by Crippen LogP contribution is 2.36. The molecule has 30 heavy (non-hydrogen) atoms. The van der Waals surface area contributed by atoms with Crippen LogP contribution in [-0.4, -0.2) is 30.2 Å². The number of nitrogens with one attached hydrogen (secondary N) is 1. The van der Waals surface area contributed by atoms with Crippen LogP contribution in [0.1, 0.15) is 50.5 Å². The van der Waals surface area contributed by atoms with Gasteiger partial charge in [-0.15, -0.1) is 0 Å². The number of carbonyl (C=O) groups is 2. The molecule has 0 saturated carbocycles. The lowest BCUT2D eigenvalue weighted by Crippen LogP contribution is -2.41. The van der Waals surface area contributed by atoms with Crippen LogP contribution < -0.4 is 15.7 Å². The number of ether oxygens (including phenoxy) is 1. The van der Waals surface area contributed by atoms with E-state index in [2.05, 4.69) is 5.48 Å². The summed E-state index contributed by atoms with van der Waals surface area (Å²) in [6.45, 7) is 9.49. The van der Waals surface area contributed by atoms with Gasteiger partial charge in [-0.25, -0.2) is 5.48 Å². The van der Waals surface area contributed by atoms with Crippen LogP contribution in [0, 0.1) is 0 Å². The number of carbonyl (C=O) groups excluding carboxylic acids is 2. The predicted octanol–water partition coefficient (Wildman–Crippen LogP) is 2.77. The lowest BCUT2D eigenvalue weighted by atomic mass is 9.79. The van der Waals surface area contributed by atoms with Crippen LogP contribution in [-0.2, 0) is 25.5 Å². The number of hydrogen-bond donors (Lipinski definition) is 1. The van der Waals surface area contributed by atoms with Gasteiger partial charge in [0.25, 0.3) is 5.91 Å². The standard InChI is InChI=1S/C22H26BNO6/c1-15(25)28-19-9-7-6-8-18(19)20(26)24-27-14-16-10-12-17(13-11-16)23-29-21(2,3)22(4,5)30-23/h6-13H,14H2,1-5H3,(H,24,26). The minimum atomic E-state index is -0.502. The van der Waals surface area contributed by atoms with Gasteiger partial charge in [0.05, 0.1) is 23.4 Å². The average molecular weight is 411 g/mol. The third kappa shape index (κ3) is 4.90. The van der Waals surface area contributed by atoms with Gasteiger partial charge in [0.15, 0.2) is 0 Å². The Morgan fingerprint density at radius 3 is 2.17 bits per heavy atom. The molecule has 0 unspecified atom stereocenters. The Labute approximate surface area is 176 Å². The predicted molar refractivity (Wildman–Crippen MR) is 112 cm³/mol. The number of rotatable bonds is 6. The van der Waals surface area contributed by atoms with Crippen molar-refractivity contribution in [2.45, 2.75) is 52.4 Å². The first-order chi connectivity index (χ1) is 14.1. The summed E-state index contributed by atoms with van der Waals surface area (Å²) in [5.74, 6) is -0.822. The first-order valence-electron chi connectivity index (χ1n) is 9.73. The first kappa shape index (κ1) is 22.0. The third-order valence-corrected chi connectivity index (χ3v) is 5.29. The van der Waals surface area contributed by atoms with E-state index >= 15 is 0 Å². The number of amides is 1. The molecule has 3 rings (SSSR count). The highest BCUT2D eigenvalue weighted by atomic mass is 16.7. The van der Waals surface area contributed by atoms with E-state index in [-0.39, 0.29) is 17.9 Å². The number of hydrogen-bond acceptors (Lipinski definition) is 6. The summed E-state index contributed by atoms with van der Waals surface area (Å²) in [6.07, 6.45) is 0. The topological polar surface area (TPSA) is 83.1 Å². The Hall–Kier alpha value is -2.68. The van der Waals surface area contributed by atoms with E-state index in [9.17, 15) is 9.59 Å². The SMILES string of the molecule is CC(=O)Oc1ccccc1C(=O)NOCc1ccc(B2OC(C)(C)C(C)(C)O2)cc1. The molecule has 8 heteroatoms. The number of hydroxylamine groups is 1. The zero-order chi connectivity index (χ0) is 21.9. The van der Waals surface area contributed by atoms with Crippen LogP contribution in [0.2, 0.25) is 0 Å². The molecule has 1 aliphatic heterocycles. The van der Waals surface area contributed by atoms with Crippen LogP contribution in [0.25, 0.3) is 0 Å². The molecule has 0 atom stereocenters. The van der Waals surface area contributed by atoms with Gasteiger partial charge >= 0.3 is 13.1 Å². The zero-order valence-corrected chi connectivity index (χ0v) is 17.9. The van der Waals surface area contributed by atoms with Crippen LogP contribution in [0.5, 0.6) is 5.75 Å². The second kappa shape index (κ2) is 8.59. The van der Waals surface area contributed by atoms with Crippen molar-refractivity contribution in [3.05, 3.63) is 59.7 Å². The van der Waals surface area contributed by atoms with E-state index in [1.54, 1.807) is 24.3 Å². The molecular weight excluding hydrogens is 385 g/mol. The van der Waals surface area contributed by atoms with Crippen molar-refractivity contribution in [1.82, 2.24) is 5.48 Å². The maximum Gasteiger partial charge on any atom is 0.494 e. The van der Waals surface area contributed by atoms with Crippen LogP contribution in [0.4, 0.5) is 0 Å². The van der Waals surface area contributed by atoms with Crippen LogP contribution in [0.15, 0.2) is 48.5 Å². The molecule has 158 valence electrons. The molecule has 1 heterocycles. The van der Waals surface area contributed by atoms with Crippen molar-refractivity contribution >= 4 is 24.5 Å². The van der Waals surface area contributed by atoms with Crippen molar-refractivity contribution in [3.63, 3.8) is 0 Å². The highest BCUT2D eigenvalue weighted by Gasteiger charge is 2.51. The molecule has 2 aromatic rings. The largest absolute Gasteiger partial charge is 0.494 e. The van der Waals surface area contributed by atoms with Gasteiger partial charge in [-0.1, -0.05) is 36.4 Å². The van der Waals surface area contributed by atoms with Gasteiger partial charge in [-0.3, -0.25) is 14.4 Å². The molecular formula is C22H26BNO6. The maximum atomic E-state index is 12.3. The summed E-state index contributed by atoms with van der Waals surface area (Å²) in [7, 11) is -0.428. The molecule has 0 aliphatic carbocycles. The second-order valence-electron chi connectivity index (χ2n) is 8.14. The quantitative estimate of drug-likeness (QED) is 0.341. The molecule has 1 N–H and O–H groups in total. The highest BCUT2D eigenvalue weighted by molar-refractivity contribution is 6.62. The third-order valence-electron chi connectivity index (χ3n) is 5.29. The van der Waals surface area contributed by atoms with Gasteiger partial charge in [-0.2, -0.15) is 0 Å².